The smallest absolute Gasteiger partial charge is 0.338 e. The molecule has 1 aromatic carbocycles. The third-order valence-electron chi connectivity index (χ3n) is 3.39. The quantitative estimate of drug-likeness (QED) is 0.605. The monoisotopic (exact) mass is 309 g/mol. The highest BCUT2D eigenvalue weighted by Gasteiger charge is 2.51. The highest BCUT2D eigenvalue weighted by atomic mass is 16.6. The summed E-state index contributed by atoms with van der Waals surface area (Å²) in [6.07, 6.45) is 0.0952. The Morgan fingerprint density at radius 1 is 1.05 bits per heavy atom. The predicted molar refractivity (Wildman–Crippen MR) is 81.5 cm³/mol. The maximum absolute atomic E-state index is 12.5. The molecule has 6 heteroatoms. The molecule has 0 bridgehead atoms. The number of aromatic hydroxyl groups is 1. The van der Waals surface area contributed by atoms with Gasteiger partial charge >= 0.3 is 11.9 Å². The molecule has 22 heavy (non-hydrogen) atoms. The van der Waals surface area contributed by atoms with Gasteiger partial charge in [-0.15, -0.1) is 0 Å². The molecular formula is C16H23NO5. The van der Waals surface area contributed by atoms with Crippen molar-refractivity contribution >= 4 is 11.9 Å². The Morgan fingerprint density at radius 2 is 1.50 bits per heavy atom. The lowest BCUT2D eigenvalue weighted by Crippen LogP contribution is -2.60. The summed E-state index contributed by atoms with van der Waals surface area (Å²) in [4.78, 5) is 26.5. The fourth-order valence-electron chi connectivity index (χ4n) is 2.16. The molecule has 0 aliphatic carbocycles. The van der Waals surface area contributed by atoms with Gasteiger partial charge in [0.2, 0.25) is 5.54 Å². The largest absolute Gasteiger partial charge is 0.508 e. The number of phenolic OH excluding ortho intramolecular Hbond substituents is 1. The van der Waals surface area contributed by atoms with Gasteiger partial charge in [-0.05, 0) is 45.6 Å². The van der Waals surface area contributed by atoms with Crippen LogP contribution in [0.25, 0.3) is 0 Å². The molecule has 0 spiro atoms. The van der Waals surface area contributed by atoms with Crippen LogP contribution in [0.4, 0.5) is 0 Å². The molecule has 0 aromatic heterocycles. The minimum atomic E-state index is -1.55. The van der Waals surface area contributed by atoms with Crippen LogP contribution in [0.2, 0.25) is 0 Å². The van der Waals surface area contributed by atoms with Crippen LogP contribution in [0.5, 0.6) is 5.75 Å². The van der Waals surface area contributed by atoms with Crippen LogP contribution in [0.3, 0.4) is 0 Å². The zero-order valence-corrected chi connectivity index (χ0v) is 13.5. The van der Waals surface area contributed by atoms with Gasteiger partial charge in [0.1, 0.15) is 5.75 Å². The molecule has 0 heterocycles. The first-order valence-corrected chi connectivity index (χ1v) is 7.18. The number of rotatable bonds is 7. The minimum absolute atomic E-state index is 0.0952. The van der Waals surface area contributed by atoms with Crippen molar-refractivity contribution in [2.24, 2.45) is 0 Å². The number of ether oxygens (including phenoxy) is 2. The number of carbonyl (C=O) groups excluding carboxylic acids is 2. The molecule has 122 valence electrons. The van der Waals surface area contributed by atoms with Gasteiger partial charge < -0.3 is 14.6 Å². The Hall–Kier alpha value is -2.08. The molecule has 0 radical (unpaired) electrons. The van der Waals surface area contributed by atoms with Crippen LogP contribution in [-0.2, 0) is 25.5 Å². The number of phenols is 1. The van der Waals surface area contributed by atoms with Crippen molar-refractivity contribution in [2.45, 2.75) is 25.8 Å². The second-order valence-corrected chi connectivity index (χ2v) is 5.04. The molecule has 0 amide bonds. The average molecular weight is 309 g/mol. The highest BCUT2D eigenvalue weighted by Crippen LogP contribution is 2.24. The lowest BCUT2D eigenvalue weighted by Gasteiger charge is -2.35. The Labute approximate surface area is 130 Å². The Balaban J connectivity index is 3.25. The molecule has 0 fully saturated rings. The maximum atomic E-state index is 12.5. The number of hydrogen-bond donors (Lipinski definition) is 1. The summed E-state index contributed by atoms with van der Waals surface area (Å²) in [6.45, 7) is 3.71. The molecule has 1 rings (SSSR count). The van der Waals surface area contributed by atoms with Crippen molar-refractivity contribution in [1.82, 2.24) is 4.90 Å². The number of likely N-dealkylation sites (N-methyl/N-ethyl adjacent to an activating group) is 1. The predicted octanol–water partition coefficient (Wildman–Crippen LogP) is 1.36. The van der Waals surface area contributed by atoms with E-state index < -0.39 is 17.5 Å². The molecule has 1 N–H and O–H groups in total. The summed E-state index contributed by atoms with van der Waals surface area (Å²) in [5.41, 5.74) is -0.837. The van der Waals surface area contributed by atoms with Gasteiger partial charge in [-0.1, -0.05) is 12.1 Å². The lowest BCUT2D eigenvalue weighted by atomic mass is 9.89. The first kappa shape index (κ1) is 18.0. The SMILES string of the molecule is CCOC(=O)C(Cc1ccc(O)cc1)(C(=O)OCC)N(C)C. The summed E-state index contributed by atoms with van der Waals surface area (Å²) in [7, 11) is 3.27. The van der Waals surface area contributed by atoms with E-state index in [4.69, 9.17) is 9.47 Å². The van der Waals surface area contributed by atoms with E-state index in [1.54, 1.807) is 40.1 Å². The molecule has 0 aliphatic heterocycles. The average Bonchev–Trinajstić information content (AvgIpc) is 2.46. The van der Waals surface area contributed by atoms with Crippen molar-refractivity contribution in [2.75, 3.05) is 27.3 Å². The number of esters is 2. The van der Waals surface area contributed by atoms with Crippen molar-refractivity contribution in [3.8, 4) is 5.75 Å². The topological polar surface area (TPSA) is 76.1 Å². The second-order valence-electron chi connectivity index (χ2n) is 5.04. The van der Waals surface area contributed by atoms with Crippen LogP contribution >= 0.6 is 0 Å². The zero-order chi connectivity index (χ0) is 16.8. The third kappa shape index (κ3) is 3.76. The molecule has 0 unspecified atom stereocenters. The molecular weight excluding hydrogens is 286 g/mol. The van der Waals surface area contributed by atoms with E-state index in [9.17, 15) is 14.7 Å². The molecule has 0 saturated heterocycles. The normalized spacial score (nSPS) is 11.3. The van der Waals surface area contributed by atoms with Gasteiger partial charge in [-0.3, -0.25) is 4.90 Å². The van der Waals surface area contributed by atoms with E-state index >= 15 is 0 Å². The highest BCUT2D eigenvalue weighted by molar-refractivity contribution is 6.05. The first-order valence-electron chi connectivity index (χ1n) is 7.18. The fourth-order valence-corrected chi connectivity index (χ4v) is 2.16. The van der Waals surface area contributed by atoms with E-state index in [2.05, 4.69) is 0 Å². The standard InChI is InChI=1S/C16H23NO5/c1-5-21-14(19)16(17(3)4,15(20)22-6-2)11-12-7-9-13(18)10-8-12/h7-10,18H,5-6,11H2,1-4H3. The maximum Gasteiger partial charge on any atom is 0.338 e. The molecule has 0 aliphatic rings. The Bertz CT molecular complexity index is 492. The van der Waals surface area contributed by atoms with E-state index in [0.29, 0.717) is 5.56 Å². The van der Waals surface area contributed by atoms with Gasteiger partial charge in [0.15, 0.2) is 0 Å². The van der Waals surface area contributed by atoms with E-state index in [1.807, 2.05) is 0 Å². The fraction of sp³-hybridized carbons (Fsp3) is 0.500. The van der Waals surface area contributed by atoms with Crippen LogP contribution in [0.15, 0.2) is 24.3 Å². The third-order valence-corrected chi connectivity index (χ3v) is 3.39. The van der Waals surface area contributed by atoms with Gasteiger partial charge in [-0.25, -0.2) is 9.59 Å². The number of benzene rings is 1. The Kier molecular flexibility index (Phi) is 6.37. The van der Waals surface area contributed by atoms with Gasteiger partial charge in [0, 0.05) is 6.42 Å². The van der Waals surface area contributed by atoms with Crippen molar-refractivity contribution < 1.29 is 24.2 Å². The molecule has 6 nitrogen and oxygen atoms in total. The van der Waals surface area contributed by atoms with Crippen LogP contribution < -0.4 is 0 Å². The van der Waals surface area contributed by atoms with E-state index in [1.165, 1.54) is 17.0 Å². The number of nitrogens with zero attached hydrogens (tertiary/aromatic N) is 1. The Morgan fingerprint density at radius 3 is 1.86 bits per heavy atom. The van der Waals surface area contributed by atoms with Gasteiger partial charge in [0.25, 0.3) is 0 Å². The summed E-state index contributed by atoms with van der Waals surface area (Å²) >= 11 is 0. The van der Waals surface area contributed by atoms with Crippen molar-refractivity contribution in [3.63, 3.8) is 0 Å². The van der Waals surface area contributed by atoms with Crippen LogP contribution in [0, 0.1) is 0 Å². The lowest BCUT2D eigenvalue weighted by molar-refractivity contribution is -0.173. The van der Waals surface area contributed by atoms with Gasteiger partial charge in [-0.2, -0.15) is 0 Å². The summed E-state index contributed by atoms with van der Waals surface area (Å²) in [5.74, 6) is -1.18. The second kappa shape index (κ2) is 7.79. The van der Waals surface area contributed by atoms with Crippen molar-refractivity contribution in [3.05, 3.63) is 29.8 Å². The zero-order valence-electron chi connectivity index (χ0n) is 13.5. The summed E-state index contributed by atoms with van der Waals surface area (Å²) in [5, 5.41) is 9.36. The van der Waals surface area contributed by atoms with Crippen LogP contribution in [0.1, 0.15) is 19.4 Å². The minimum Gasteiger partial charge on any atom is -0.508 e. The number of carbonyl (C=O) groups is 2. The summed E-state index contributed by atoms with van der Waals surface area (Å²) in [6, 6.07) is 6.33. The van der Waals surface area contributed by atoms with Gasteiger partial charge in [0.05, 0.1) is 13.2 Å². The van der Waals surface area contributed by atoms with Crippen LogP contribution in [-0.4, -0.2) is 54.8 Å². The van der Waals surface area contributed by atoms with Crippen molar-refractivity contribution in [1.29, 1.82) is 0 Å². The molecule has 0 atom stereocenters. The molecule has 0 saturated carbocycles. The number of hydrogen-bond acceptors (Lipinski definition) is 6. The van der Waals surface area contributed by atoms with E-state index in [-0.39, 0.29) is 25.4 Å². The molecule has 1 aromatic rings. The van der Waals surface area contributed by atoms with E-state index in [0.717, 1.165) is 0 Å². The summed E-state index contributed by atoms with van der Waals surface area (Å²) < 4.78 is 10.2. The first-order chi connectivity index (χ1) is 10.4.